The van der Waals surface area contributed by atoms with Crippen molar-refractivity contribution in [3.8, 4) is 11.4 Å². The average molecular weight is 343 g/mol. The van der Waals surface area contributed by atoms with Gasteiger partial charge in [-0.15, -0.1) is 5.10 Å². The number of carbonyl (C=O) groups excluding carboxylic acids is 1. The maximum absolute atomic E-state index is 12.6. The number of anilines is 1. The van der Waals surface area contributed by atoms with Crippen molar-refractivity contribution in [1.29, 1.82) is 0 Å². The zero-order valence-electron chi connectivity index (χ0n) is 13.2. The number of aryl methyl sites for hydroxylation is 1. The van der Waals surface area contributed by atoms with Crippen LogP contribution >= 0.6 is 11.6 Å². The van der Waals surface area contributed by atoms with E-state index in [1.54, 1.807) is 29.8 Å². The summed E-state index contributed by atoms with van der Waals surface area (Å²) in [6.07, 6.45) is 0. The van der Waals surface area contributed by atoms with Gasteiger partial charge in [-0.3, -0.25) is 10.1 Å². The lowest BCUT2D eigenvalue weighted by Gasteiger charge is -2.10. The molecule has 0 saturated carbocycles. The Morgan fingerprint density at radius 3 is 2.67 bits per heavy atom. The number of amides is 1. The smallest absolute Gasteiger partial charge is 0.261 e. The van der Waals surface area contributed by atoms with Crippen LogP contribution in [0.15, 0.2) is 48.5 Å². The van der Waals surface area contributed by atoms with E-state index in [1.807, 2.05) is 30.3 Å². The summed E-state index contributed by atoms with van der Waals surface area (Å²) in [5.41, 5.74) is 1.12. The van der Waals surface area contributed by atoms with Gasteiger partial charge < -0.3 is 4.74 Å². The summed E-state index contributed by atoms with van der Waals surface area (Å²) in [5.74, 6) is 0.927. The monoisotopic (exact) mass is 342 g/mol. The first-order valence-corrected chi connectivity index (χ1v) is 7.60. The minimum atomic E-state index is -0.376. The molecule has 1 aromatic heterocycles. The molecule has 3 aromatic rings. The topological polar surface area (TPSA) is 69.0 Å². The number of halogens is 1. The first-order valence-electron chi connectivity index (χ1n) is 7.22. The van der Waals surface area contributed by atoms with Crippen molar-refractivity contribution in [2.45, 2.75) is 6.92 Å². The van der Waals surface area contributed by atoms with Crippen molar-refractivity contribution in [2.75, 3.05) is 12.4 Å². The molecular formula is C17H15ClN4O2. The van der Waals surface area contributed by atoms with Gasteiger partial charge in [-0.1, -0.05) is 29.8 Å². The highest BCUT2D eigenvalue weighted by atomic mass is 35.5. The van der Waals surface area contributed by atoms with Crippen LogP contribution in [0.2, 0.25) is 5.02 Å². The third-order valence-corrected chi connectivity index (χ3v) is 3.58. The second-order valence-electron chi connectivity index (χ2n) is 5.03. The normalized spacial score (nSPS) is 10.5. The Hall–Kier alpha value is -2.86. The Morgan fingerprint density at radius 2 is 1.96 bits per heavy atom. The zero-order chi connectivity index (χ0) is 17.1. The highest BCUT2D eigenvalue weighted by Gasteiger charge is 2.17. The van der Waals surface area contributed by atoms with Gasteiger partial charge in [0, 0.05) is 5.02 Å². The number of methoxy groups -OCH3 is 1. The molecule has 0 aliphatic carbocycles. The molecular weight excluding hydrogens is 328 g/mol. The van der Waals surface area contributed by atoms with E-state index in [-0.39, 0.29) is 5.91 Å². The molecule has 0 spiro atoms. The lowest BCUT2D eigenvalue weighted by molar-refractivity contribution is 0.102. The number of hydrogen-bond donors (Lipinski definition) is 1. The number of rotatable bonds is 4. The van der Waals surface area contributed by atoms with Gasteiger partial charge in [-0.25, -0.2) is 0 Å². The third-order valence-electron chi connectivity index (χ3n) is 3.35. The molecule has 1 heterocycles. The van der Waals surface area contributed by atoms with Crippen LogP contribution in [-0.2, 0) is 0 Å². The molecule has 7 heteroatoms. The van der Waals surface area contributed by atoms with Crippen molar-refractivity contribution in [3.05, 3.63) is 64.9 Å². The van der Waals surface area contributed by atoms with E-state index < -0.39 is 0 Å². The summed E-state index contributed by atoms with van der Waals surface area (Å²) in [6, 6.07) is 14.3. The molecule has 1 N–H and O–H groups in total. The van der Waals surface area contributed by atoms with Crippen LogP contribution in [0.3, 0.4) is 0 Å². The van der Waals surface area contributed by atoms with Crippen molar-refractivity contribution in [3.63, 3.8) is 0 Å². The quantitative estimate of drug-likeness (QED) is 0.788. The molecule has 6 nitrogen and oxygen atoms in total. The Morgan fingerprint density at radius 1 is 1.21 bits per heavy atom. The maximum Gasteiger partial charge on any atom is 0.261 e. The van der Waals surface area contributed by atoms with Crippen LogP contribution in [0.4, 0.5) is 5.95 Å². The summed E-state index contributed by atoms with van der Waals surface area (Å²) in [6.45, 7) is 1.76. The van der Waals surface area contributed by atoms with Gasteiger partial charge in [0.2, 0.25) is 5.95 Å². The summed E-state index contributed by atoms with van der Waals surface area (Å²) >= 11 is 5.98. The molecule has 2 aromatic carbocycles. The van der Waals surface area contributed by atoms with E-state index in [4.69, 9.17) is 16.3 Å². The first-order chi connectivity index (χ1) is 11.6. The highest BCUT2D eigenvalue weighted by Crippen LogP contribution is 2.24. The molecule has 0 radical (unpaired) electrons. The first kappa shape index (κ1) is 16.0. The third kappa shape index (κ3) is 3.23. The van der Waals surface area contributed by atoms with Crippen LogP contribution in [0.1, 0.15) is 16.2 Å². The van der Waals surface area contributed by atoms with Crippen LogP contribution in [0.25, 0.3) is 5.69 Å². The molecule has 0 bridgehead atoms. The second-order valence-corrected chi connectivity index (χ2v) is 5.47. The van der Waals surface area contributed by atoms with E-state index in [0.717, 1.165) is 5.69 Å². The van der Waals surface area contributed by atoms with Crippen LogP contribution in [-0.4, -0.2) is 27.8 Å². The molecule has 0 fully saturated rings. The molecule has 122 valence electrons. The Kier molecular flexibility index (Phi) is 4.48. The van der Waals surface area contributed by atoms with Crippen molar-refractivity contribution >= 4 is 23.5 Å². The summed E-state index contributed by atoms with van der Waals surface area (Å²) in [7, 11) is 1.50. The largest absolute Gasteiger partial charge is 0.496 e. The molecule has 24 heavy (non-hydrogen) atoms. The van der Waals surface area contributed by atoms with Gasteiger partial charge in [-0.05, 0) is 37.3 Å². The molecule has 3 rings (SSSR count). The van der Waals surface area contributed by atoms with Gasteiger partial charge in [0.15, 0.2) is 0 Å². The van der Waals surface area contributed by atoms with E-state index >= 15 is 0 Å². The number of para-hydroxylation sites is 1. The maximum atomic E-state index is 12.6. The molecule has 0 unspecified atom stereocenters. The summed E-state index contributed by atoms with van der Waals surface area (Å²) in [5, 5.41) is 7.53. The Balaban J connectivity index is 1.95. The minimum absolute atomic E-state index is 0.324. The lowest BCUT2D eigenvalue weighted by atomic mass is 10.2. The lowest BCUT2D eigenvalue weighted by Crippen LogP contribution is -2.16. The molecule has 0 aliphatic rings. The van der Waals surface area contributed by atoms with E-state index in [9.17, 15) is 4.79 Å². The van der Waals surface area contributed by atoms with Crippen molar-refractivity contribution in [2.24, 2.45) is 0 Å². The Labute approximate surface area is 144 Å². The number of aromatic nitrogens is 3. The van der Waals surface area contributed by atoms with Crippen molar-refractivity contribution < 1.29 is 9.53 Å². The summed E-state index contributed by atoms with van der Waals surface area (Å²) < 4.78 is 6.79. The standard InChI is InChI=1S/C17H15ClN4O2/c1-11-19-17(22(21-11)13-6-4-3-5-7-13)20-16(23)14-10-12(18)8-9-15(14)24-2/h3-10H,1-2H3,(H,19,20,21,23). The number of ether oxygens (including phenoxy) is 1. The van der Waals surface area contributed by atoms with Gasteiger partial charge in [0.25, 0.3) is 5.91 Å². The SMILES string of the molecule is COc1ccc(Cl)cc1C(=O)Nc1nc(C)nn1-c1ccccc1. The molecule has 1 amide bonds. The van der Waals surface area contributed by atoms with Crippen LogP contribution < -0.4 is 10.1 Å². The second kappa shape index (κ2) is 6.72. The molecule has 0 saturated heterocycles. The predicted octanol–water partition coefficient (Wildman–Crippen LogP) is 3.49. The molecule has 0 atom stereocenters. The van der Waals surface area contributed by atoms with Crippen LogP contribution in [0, 0.1) is 6.92 Å². The number of nitrogens with zero attached hydrogens (tertiary/aromatic N) is 3. The Bertz CT molecular complexity index is 878. The number of carbonyl (C=O) groups is 1. The summed E-state index contributed by atoms with van der Waals surface area (Å²) in [4.78, 5) is 16.9. The van der Waals surface area contributed by atoms with E-state index in [1.165, 1.54) is 7.11 Å². The van der Waals surface area contributed by atoms with E-state index in [2.05, 4.69) is 15.4 Å². The number of benzene rings is 2. The van der Waals surface area contributed by atoms with Gasteiger partial charge in [0.1, 0.15) is 11.6 Å². The van der Waals surface area contributed by atoms with Gasteiger partial charge in [-0.2, -0.15) is 9.67 Å². The zero-order valence-corrected chi connectivity index (χ0v) is 13.9. The number of hydrogen-bond acceptors (Lipinski definition) is 4. The fourth-order valence-corrected chi connectivity index (χ4v) is 2.44. The predicted molar refractivity (Wildman–Crippen MR) is 92.1 cm³/mol. The number of nitrogens with one attached hydrogen (secondary N) is 1. The minimum Gasteiger partial charge on any atom is -0.496 e. The van der Waals surface area contributed by atoms with Gasteiger partial charge in [0.05, 0.1) is 18.4 Å². The van der Waals surface area contributed by atoms with E-state index in [0.29, 0.717) is 28.1 Å². The van der Waals surface area contributed by atoms with Crippen LogP contribution in [0.5, 0.6) is 5.75 Å². The molecule has 0 aliphatic heterocycles. The highest BCUT2D eigenvalue weighted by molar-refractivity contribution is 6.31. The van der Waals surface area contributed by atoms with Gasteiger partial charge >= 0.3 is 0 Å². The van der Waals surface area contributed by atoms with Crippen molar-refractivity contribution in [1.82, 2.24) is 14.8 Å². The average Bonchev–Trinajstić information content (AvgIpc) is 2.96. The fourth-order valence-electron chi connectivity index (χ4n) is 2.27. The fraction of sp³-hybridized carbons (Fsp3) is 0.118.